The molecular weight excluding hydrogens is 447 g/mol. The quantitative estimate of drug-likeness (QED) is 0.187. The number of guanidine groups is 1. The average molecular weight is 476 g/mol. The van der Waals surface area contributed by atoms with Crippen molar-refractivity contribution >= 4 is 31.1 Å². The first kappa shape index (κ1) is 25.9. The molecule has 10 nitrogen and oxygen atoms in total. The van der Waals surface area contributed by atoms with E-state index in [9.17, 15) is 24.2 Å². The molecule has 0 bridgehead atoms. The molecule has 3 atom stereocenters. The second-order valence-electron chi connectivity index (χ2n) is 7.47. The van der Waals surface area contributed by atoms with Gasteiger partial charge in [-0.1, -0.05) is 55.8 Å². The molecule has 0 aliphatic carbocycles. The summed E-state index contributed by atoms with van der Waals surface area (Å²) in [4.78, 5) is 38.9. The Morgan fingerprint density at radius 2 is 1.85 bits per heavy atom. The summed E-state index contributed by atoms with van der Waals surface area (Å²) in [5.41, 5.74) is 12.1. The Hall–Kier alpha value is -3.36. The van der Waals surface area contributed by atoms with Gasteiger partial charge in [0, 0.05) is 6.16 Å². The SMILES string of the molecule is CCCC(NC(=O)OCc1ccccc1)P(=O)(O)CC(C(=O)O)c1cccc(N=C(N)N)c1. The molecule has 1 amide bonds. The molecule has 0 fully saturated rings. The van der Waals surface area contributed by atoms with Gasteiger partial charge in [-0.3, -0.25) is 9.36 Å². The third-order valence-corrected chi connectivity index (χ3v) is 7.07. The zero-order chi connectivity index (χ0) is 24.4. The number of hydrogen-bond donors (Lipinski definition) is 5. The maximum Gasteiger partial charge on any atom is 0.408 e. The fourth-order valence-electron chi connectivity index (χ4n) is 3.22. The van der Waals surface area contributed by atoms with Crippen LogP contribution in [-0.4, -0.2) is 40.0 Å². The van der Waals surface area contributed by atoms with Crippen molar-refractivity contribution in [1.82, 2.24) is 5.32 Å². The van der Waals surface area contributed by atoms with Crippen LogP contribution in [0.2, 0.25) is 0 Å². The normalized spacial score (nSPS) is 14.4. The molecule has 0 saturated carbocycles. The maximum absolute atomic E-state index is 13.2. The number of benzene rings is 2. The zero-order valence-corrected chi connectivity index (χ0v) is 19.2. The van der Waals surface area contributed by atoms with E-state index >= 15 is 0 Å². The molecule has 2 aromatic rings. The lowest BCUT2D eigenvalue weighted by atomic mass is 10.0. The van der Waals surface area contributed by atoms with Gasteiger partial charge < -0.3 is 31.5 Å². The molecule has 7 N–H and O–H groups in total. The summed E-state index contributed by atoms with van der Waals surface area (Å²) < 4.78 is 18.4. The monoisotopic (exact) mass is 476 g/mol. The van der Waals surface area contributed by atoms with Crippen molar-refractivity contribution in [2.45, 2.75) is 38.1 Å². The van der Waals surface area contributed by atoms with Crippen molar-refractivity contribution in [3.63, 3.8) is 0 Å². The van der Waals surface area contributed by atoms with E-state index in [2.05, 4.69) is 10.3 Å². The summed E-state index contributed by atoms with van der Waals surface area (Å²) in [6, 6.07) is 15.1. The lowest BCUT2D eigenvalue weighted by molar-refractivity contribution is -0.138. The molecule has 0 aromatic heterocycles. The van der Waals surface area contributed by atoms with E-state index in [1.54, 1.807) is 43.3 Å². The molecule has 0 aliphatic heterocycles. The number of alkyl carbamates (subject to hydrolysis) is 1. The number of amides is 1. The lowest BCUT2D eigenvalue weighted by Crippen LogP contribution is -2.36. The first-order valence-corrected chi connectivity index (χ1v) is 12.2. The molecular formula is C22H29N4O6P. The summed E-state index contributed by atoms with van der Waals surface area (Å²) in [6.07, 6.45) is -0.772. The van der Waals surface area contributed by atoms with Crippen LogP contribution in [0.1, 0.15) is 36.8 Å². The van der Waals surface area contributed by atoms with Crippen LogP contribution in [0.4, 0.5) is 10.5 Å². The fraction of sp³-hybridized carbons (Fsp3) is 0.318. The third-order valence-electron chi connectivity index (χ3n) is 4.82. The summed E-state index contributed by atoms with van der Waals surface area (Å²) >= 11 is 0. The minimum Gasteiger partial charge on any atom is -0.481 e. The Kier molecular flexibility index (Phi) is 9.44. The van der Waals surface area contributed by atoms with E-state index < -0.39 is 37.3 Å². The van der Waals surface area contributed by atoms with Crippen molar-refractivity contribution in [3.8, 4) is 0 Å². The van der Waals surface area contributed by atoms with Gasteiger partial charge in [-0.2, -0.15) is 0 Å². The Morgan fingerprint density at radius 1 is 1.15 bits per heavy atom. The van der Waals surface area contributed by atoms with E-state index in [1.807, 2.05) is 6.07 Å². The van der Waals surface area contributed by atoms with Crippen molar-refractivity contribution in [3.05, 3.63) is 65.7 Å². The summed E-state index contributed by atoms with van der Waals surface area (Å²) in [6.45, 7) is 1.79. The highest BCUT2D eigenvalue weighted by Crippen LogP contribution is 2.50. The van der Waals surface area contributed by atoms with E-state index in [1.165, 1.54) is 12.1 Å². The highest BCUT2D eigenvalue weighted by molar-refractivity contribution is 7.58. The number of aliphatic imine (C=N–C) groups is 1. The Balaban J connectivity index is 2.16. The molecule has 0 spiro atoms. The Morgan fingerprint density at radius 3 is 2.45 bits per heavy atom. The molecule has 0 aliphatic rings. The van der Waals surface area contributed by atoms with E-state index in [-0.39, 0.29) is 24.6 Å². The van der Waals surface area contributed by atoms with Crippen LogP contribution >= 0.6 is 7.37 Å². The molecule has 0 radical (unpaired) electrons. The van der Waals surface area contributed by atoms with E-state index in [0.717, 1.165) is 5.56 Å². The number of aliphatic carboxylic acids is 1. The topological polar surface area (TPSA) is 177 Å². The predicted molar refractivity (Wildman–Crippen MR) is 125 cm³/mol. The second kappa shape index (κ2) is 12.0. The molecule has 2 rings (SSSR count). The van der Waals surface area contributed by atoms with Gasteiger partial charge in [0.25, 0.3) is 0 Å². The van der Waals surface area contributed by atoms with Crippen LogP contribution in [0.15, 0.2) is 59.6 Å². The number of nitrogens with one attached hydrogen (secondary N) is 1. The molecule has 11 heteroatoms. The molecule has 2 aromatic carbocycles. The smallest absolute Gasteiger partial charge is 0.408 e. The van der Waals surface area contributed by atoms with Crippen molar-refractivity contribution < 1.29 is 28.9 Å². The maximum atomic E-state index is 13.2. The molecule has 0 saturated heterocycles. The van der Waals surface area contributed by atoms with E-state index in [0.29, 0.717) is 12.1 Å². The van der Waals surface area contributed by atoms with Gasteiger partial charge in [0.05, 0.1) is 11.6 Å². The van der Waals surface area contributed by atoms with Crippen molar-refractivity contribution in [2.24, 2.45) is 16.5 Å². The highest BCUT2D eigenvalue weighted by Gasteiger charge is 2.37. The van der Waals surface area contributed by atoms with Crippen LogP contribution in [0, 0.1) is 0 Å². The molecule has 3 unspecified atom stereocenters. The minimum absolute atomic E-state index is 0.00339. The van der Waals surface area contributed by atoms with Crippen LogP contribution in [-0.2, 0) is 20.7 Å². The van der Waals surface area contributed by atoms with Crippen LogP contribution in [0.25, 0.3) is 0 Å². The number of rotatable bonds is 11. The molecule has 178 valence electrons. The third kappa shape index (κ3) is 8.25. The average Bonchev–Trinajstić information content (AvgIpc) is 2.76. The van der Waals surface area contributed by atoms with Gasteiger partial charge in [0.15, 0.2) is 5.96 Å². The predicted octanol–water partition coefficient (Wildman–Crippen LogP) is 3.08. The summed E-state index contributed by atoms with van der Waals surface area (Å²) in [7, 11) is -4.16. The highest BCUT2D eigenvalue weighted by atomic mass is 31.2. The summed E-state index contributed by atoms with van der Waals surface area (Å²) in [5, 5.41) is 12.2. The number of hydrogen-bond acceptors (Lipinski definition) is 5. The van der Waals surface area contributed by atoms with Gasteiger partial charge in [-0.15, -0.1) is 0 Å². The summed E-state index contributed by atoms with van der Waals surface area (Å²) in [5.74, 6) is -3.95. The van der Waals surface area contributed by atoms with Gasteiger partial charge in [0.2, 0.25) is 7.37 Å². The second-order valence-corrected chi connectivity index (χ2v) is 9.97. The number of carbonyl (C=O) groups is 2. The number of nitrogens with two attached hydrogens (primary N) is 2. The van der Waals surface area contributed by atoms with Crippen LogP contribution in [0.3, 0.4) is 0 Å². The number of carbonyl (C=O) groups excluding carboxylic acids is 1. The number of carboxylic acids is 1. The van der Waals surface area contributed by atoms with Crippen LogP contribution in [0.5, 0.6) is 0 Å². The van der Waals surface area contributed by atoms with Gasteiger partial charge in [-0.05, 0) is 29.7 Å². The Labute approximate surface area is 192 Å². The van der Waals surface area contributed by atoms with Gasteiger partial charge in [0.1, 0.15) is 12.4 Å². The lowest BCUT2D eigenvalue weighted by Gasteiger charge is -2.26. The zero-order valence-electron chi connectivity index (χ0n) is 18.3. The first-order valence-electron chi connectivity index (χ1n) is 10.3. The molecule has 33 heavy (non-hydrogen) atoms. The standard InChI is InChI=1S/C22H29N4O6P/c1-2-7-19(26-22(29)32-13-15-8-4-3-5-9-15)33(30,31)14-18(20(27)28)16-10-6-11-17(12-16)25-21(23)24/h3-6,8-12,18-19H,2,7,13-14H2,1H3,(H,26,29)(H,27,28)(H,30,31)(H4,23,24,25). The van der Waals surface area contributed by atoms with Crippen LogP contribution < -0.4 is 16.8 Å². The largest absolute Gasteiger partial charge is 0.481 e. The van der Waals surface area contributed by atoms with Crippen molar-refractivity contribution in [1.29, 1.82) is 0 Å². The number of carboxylic acid groups (broad SMARTS) is 1. The fourth-order valence-corrected chi connectivity index (χ4v) is 5.34. The van der Waals surface area contributed by atoms with Gasteiger partial charge in [-0.25, -0.2) is 9.79 Å². The molecule has 0 heterocycles. The first-order chi connectivity index (χ1) is 15.6. The van der Waals surface area contributed by atoms with Crippen molar-refractivity contribution in [2.75, 3.05) is 6.16 Å². The number of ether oxygens (including phenoxy) is 1. The Bertz CT molecular complexity index is 1030. The van der Waals surface area contributed by atoms with Gasteiger partial charge >= 0.3 is 12.1 Å². The minimum atomic E-state index is -4.16. The number of nitrogens with zero attached hydrogens (tertiary/aromatic N) is 1. The van der Waals surface area contributed by atoms with E-state index in [4.69, 9.17) is 16.2 Å².